The van der Waals surface area contributed by atoms with Crippen LogP contribution in [-0.4, -0.2) is 35.4 Å². The van der Waals surface area contributed by atoms with Gasteiger partial charge in [0.15, 0.2) is 0 Å². The average Bonchev–Trinajstić information content (AvgIpc) is 2.88. The summed E-state index contributed by atoms with van der Waals surface area (Å²) in [4.78, 5) is 17.2. The number of rotatable bonds is 4. The van der Waals surface area contributed by atoms with Crippen molar-refractivity contribution < 1.29 is 9.18 Å². The largest absolute Gasteiger partial charge is 0.358 e. The van der Waals surface area contributed by atoms with Crippen molar-refractivity contribution in [3.63, 3.8) is 0 Å². The standard InChI is InChI=1S/C17H18FN3O/c1-2-7-19-17(22)6-9-21-8-5-16-14(11-21)13-10-12(18)3-4-15(13)20-16/h1,3-4,10,20H,5-9,11H2,(H,19,22). The number of hydrogen-bond donors (Lipinski definition) is 2. The maximum Gasteiger partial charge on any atom is 0.222 e. The number of H-pyrrole nitrogens is 1. The van der Waals surface area contributed by atoms with Crippen LogP contribution in [0.1, 0.15) is 17.7 Å². The van der Waals surface area contributed by atoms with Crippen LogP contribution in [0.15, 0.2) is 18.2 Å². The van der Waals surface area contributed by atoms with E-state index in [1.165, 1.54) is 11.8 Å². The second kappa shape index (κ2) is 6.20. The van der Waals surface area contributed by atoms with Crippen LogP contribution in [-0.2, 0) is 17.8 Å². The molecule has 1 aromatic carbocycles. The Hall–Kier alpha value is -2.32. The fourth-order valence-corrected chi connectivity index (χ4v) is 2.93. The number of nitrogens with zero attached hydrogens (tertiary/aromatic N) is 1. The number of amides is 1. The number of aromatic amines is 1. The lowest BCUT2D eigenvalue weighted by Gasteiger charge is -2.26. The molecule has 0 fully saturated rings. The van der Waals surface area contributed by atoms with Crippen LogP contribution < -0.4 is 5.32 Å². The van der Waals surface area contributed by atoms with Gasteiger partial charge in [0.25, 0.3) is 0 Å². The molecular weight excluding hydrogens is 281 g/mol. The van der Waals surface area contributed by atoms with Gasteiger partial charge >= 0.3 is 0 Å². The van der Waals surface area contributed by atoms with E-state index >= 15 is 0 Å². The van der Waals surface area contributed by atoms with Gasteiger partial charge in [0.05, 0.1) is 6.54 Å². The number of carbonyl (C=O) groups is 1. The molecule has 2 heterocycles. The van der Waals surface area contributed by atoms with E-state index in [4.69, 9.17) is 6.42 Å². The minimum Gasteiger partial charge on any atom is -0.358 e. The number of halogens is 1. The highest BCUT2D eigenvalue weighted by Crippen LogP contribution is 2.28. The zero-order chi connectivity index (χ0) is 15.5. The number of aromatic nitrogens is 1. The van der Waals surface area contributed by atoms with Gasteiger partial charge < -0.3 is 10.3 Å². The number of hydrogen-bond acceptors (Lipinski definition) is 2. The van der Waals surface area contributed by atoms with Crippen LogP contribution in [0.2, 0.25) is 0 Å². The summed E-state index contributed by atoms with van der Waals surface area (Å²) in [5, 5.41) is 3.61. The predicted molar refractivity (Wildman–Crippen MR) is 83.7 cm³/mol. The van der Waals surface area contributed by atoms with Crippen LogP contribution in [0.5, 0.6) is 0 Å². The molecular formula is C17H18FN3O. The van der Waals surface area contributed by atoms with Crippen LogP contribution in [0.3, 0.4) is 0 Å². The molecule has 0 aliphatic carbocycles. The Morgan fingerprint density at radius 2 is 2.36 bits per heavy atom. The summed E-state index contributed by atoms with van der Waals surface area (Å²) in [6.07, 6.45) is 6.42. The molecule has 1 aliphatic heterocycles. The predicted octanol–water partition coefficient (Wildman–Crippen LogP) is 1.80. The van der Waals surface area contributed by atoms with Crippen LogP contribution in [0.4, 0.5) is 4.39 Å². The molecule has 1 aliphatic rings. The lowest BCUT2D eigenvalue weighted by molar-refractivity contribution is -0.121. The molecule has 5 heteroatoms. The van der Waals surface area contributed by atoms with Crippen molar-refractivity contribution in [3.8, 4) is 12.3 Å². The van der Waals surface area contributed by atoms with Crippen molar-refractivity contribution in [1.29, 1.82) is 0 Å². The van der Waals surface area contributed by atoms with E-state index < -0.39 is 0 Å². The van der Waals surface area contributed by atoms with Gasteiger partial charge in [-0.1, -0.05) is 5.92 Å². The molecule has 1 amide bonds. The van der Waals surface area contributed by atoms with Crippen molar-refractivity contribution in [3.05, 3.63) is 35.3 Å². The van der Waals surface area contributed by atoms with E-state index in [9.17, 15) is 9.18 Å². The summed E-state index contributed by atoms with van der Waals surface area (Å²) in [7, 11) is 0. The Bertz CT molecular complexity index is 744. The third kappa shape index (κ3) is 2.97. The summed E-state index contributed by atoms with van der Waals surface area (Å²) < 4.78 is 13.5. The number of fused-ring (bicyclic) bond motifs is 3. The summed E-state index contributed by atoms with van der Waals surface area (Å²) in [6, 6.07) is 4.83. The SMILES string of the molecule is C#CCNC(=O)CCN1CCc2[nH]c3ccc(F)cc3c2C1. The molecule has 4 nitrogen and oxygen atoms in total. The van der Waals surface area contributed by atoms with E-state index in [1.807, 2.05) is 0 Å². The average molecular weight is 299 g/mol. The minimum atomic E-state index is -0.222. The molecule has 0 bridgehead atoms. The Kier molecular flexibility index (Phi) is 4.12. The van der Waals surface area contributed by atoms with Crippen molar-refractivity contribution in [1.82, 2.24) is 15.2 Å². The van der Waals surface area contributed by atoms with Crippen molar-refractivity contribution >= 4 is 16.8 Å². The first-order valence-corrected chi connectivity index (χ1v) is 7.39. The summed E-state index contributed by atoms with van der Waals surface area (Å²) in [5.74, 6) is 2.13. The van der Waals surface area contributed by atoms with Crippen molar-refractivity contribution in [2.45, 2.75) is 19.4 Å². The third-order valence-corrected chi connectivity index (χ3v) is 4.06. The highest BCUT2D eigenvalue weighted by atomic mass is 19.1. The Morgan fingerprint density at radius 1 is 1.50 bits per heavy atom. The first-order chi connectivity index (χ1) is 10.7. The third-order valence-electron chi connectivity index (χ3n) is 4.06. The highest BCUT2D eigenvalue weighted by Gasteiger charge is 2.21. The van der Waals surface area contributed by atoms with Gasteiger partial charge in [-0.2, -0.15) is 0 Å². The summed E-state index contributed by atoms with van der Waals surface area (Å²) in [6.45, 7) is 2.58. The Morgan fingerprint density at radius 3 is 3.18 bits per heavy atom. The number of carbonyl (C=O) groups excluding carboxylic acids is 1. The zero-order valence-corrected chi connectivity index (χ0v) is 12.3. The number of nitrogens with one attached hydrogen (secondary N) is 2. The molecule has 1 aromatic heterocycles. The summed E-state index contributed by atoms with van der Waals surface area (Å²) in [5.41, 5.74) is 3.29. The molecule has 0 unspecified atom stereocenters. The molecule has 2 N–H and O–H groups in total. The van der Waals surface area contributed by atoms with Gasteiger partial charge in [0, 0.05) is 49.1 Å². The molecule has 22 heavy (non-hydrogen) atoms. The molecule has 0 saturated heterocycles. The Labute approximate surface area is 128 Å². The van der Waals surface area contributed by atoms with E-state index in [0.717, 1.165) is 36.0 Å². The lowest BCUT2D eigenvalue weighted by Crippen LogP contribution is -2.34. The highest BCUT2D eigenvalue weighted by molar-refractivity contribution is 5.85. The van der Waals surface area contributed by atoms with Crippen LogP contribution in [0, 0.1) is 18.2 Å². The molecule has 0 atom stereocenters. The van der Waals surface area contributed by atoms with Gasteiger partial charge in [0.2, 0.25) is 5.91 Å². The zero-order valence-electron chi connectivity index (χ0n) is 12.3. The number of benzene rings is 1. The van der Waals surface area contributed by atoms with Crippen LogP contribution in [0.25, 0.3) is 10.9 Å². The Balaban J connectivity index is 1.68. The number of terminal acetylenes is 1. The van der Waals surface area contributed by atoms with Gasteiger partial charge in [-0.25, -0.2) is 4.39 Å². The molecule has 0 spiro atoms. The molecule has 114 valence electrons. The second-order valence-electron chi connectivity index (χ2n) is 5.53. The van der Waals surface area contributed by atoms with E-state index in [2.05, 4.69) is 21.1 Å². The molecule has 0 saturated carbocycles. The fraction of sp³-hybridized carbons (Fsp3) is 0.353. The normalized spacial score (nSPS) is 14.5. The minimum absolute atomic E-state index is 0.0336. The topological polar surface area (TPSA) is 48.1 Å². The maximum atomic E-state index is 13.5. The monoisotopic (exact) mass is 299 g/mol. The van der Waals surface area contributed by atoms with E-state index in [-0.39, 0.29) is 18.3 Å². The fourth-order valence-electron chi connectivity index (χ4n) is 2.93. The van der Waals surface area contributed by atoms with E-state index in [1.54, 1.807) is 12.1 Å². The molecule has 3 rings (SSSR count). The quantitative estimate of drug-likeness (QED) is 0.846. The second-order valence-corrected chi connectivity index (χ2v) is 5.53. The van der Waals surface area contributed by atoms with Gasteiger partial charge in [0.1, 0.15) is 5.82 Å². The maximum absolute atomic E-state index is 13.5. The molecule has 2 aromatic rings. The van der Waals surface area contributed by atoms with Gasteiger partial charge in [-0.15, -0.1) is 6.42 Å². The lowest BCUT2D eigenvalue weighted by atomic mass is 10.0. The van der Waals surface area contributed by atoms with Crippen LogP contribution >= 0.6 is 0 Å². The van der Waals surface area contributed by atoms with E-state index in [0.29, 0.717) is 13.0 Å². The summed E-state index contributed by atoms with van der Waals surface area (Å²) >= 11 is 0. The van der Waals surface area contributed by atoms with Crippen molar-refractivity contribution in [2.75, 3.05) is 19.6 Å². The van der Waals surface area contributed by atoms with Gasteiger partial charge in [-0.05, 0) is 23.8 Å². The van der Waals surface area contributed by atoms with Crippen molar-refractivity contribution in [2.24, 2.45) is 0 Å². The van der Waals surface area contributed by atoms with Gasteiger partial charge in [-0.3, -0.25) is 9.69 Å². The first-order valence-electron chi connectivity index (χ1n) is 7.39. The molecule has 0 radical (unpaired) electrons. The first kappa shape index (κ1) is 14.6. The smallest absolute Gasteiger partial charge is 0.222 e.